The number of anilines is 1. The molecule has 0 unspecified atom stereocenters. The second-order valence-electron chi connectivity index (χ2n) is 10.2. The van der Waals surface area contributed by atoms with Crippen molar-refractivity contribution in [2.75, 3.05) is 18.1 Å². The van der Waals surface area contributed by atoms with Gasteiger partial charge in [-0.2, -0.15) is 5.10 Å². The quantitative estimate of drug-likeness (QED) is 0.333. The molecule has 0 radical (unpaired) electrons. The van der Waals surface area contributed by atoms with Crippen LogP contribution >= 0.6 is 0 Å². The first kappa shape index (κ1) is 23.0. The molecule has 1 N–H and O–H groups in total. The minimum absolute atomic E-state index is 0.220. The fourth-order valence-corrected chi connectivity index (χ4v) is 6.82. The standard InChI is InChI=1S/C30H25N3O5/c1-29(37-15-16-38-29)28(36)32-31-17-30-21-13-7-5-11-19(21)23(20-12-6-8-14-22(20)30)24-25(30)27(35)33(26(24)34)18-9-3-2-4-10-18/h2-14,17,23-25H,15-16H2,1H3,(H,32,36)/b31-17-/t23?,24-,25+,30?/m1/s1. The molecule has 190 valence electrons. The summed E-state index contributed by atoms with van der Waals surface area (Å²) in [5.74, 6) is -4.05. The van der Waals surface area contributed by atoms with E-state index < -0.39 is 28.9 Å². The maximum absolute atomic E-state index is 14.2. The van der Waals surface area contributed by atoms with E-state index in [9.17, 15) is 14.4 Å². The fraction of sp³-hybridized carbons (Fsp3) is 0.267. The number of para-hydroxylation sites is 1. The maximum Gasteiger partial charge on any atom is 0.300 e. The molecule has 0 aromatic heterocycles. The Hall–Kier alpha value is -4.14. The smallest absolute Gasteiger partial charge is 0.300 e. The van der Waals surface area contributed by atoms with E-state index in [-0.39, 0.29) is 17.7 Å². The normalized spacial score (nSPS) is 28.3. The van der Waals surface area contributed by atoms with Gasteiger partial charge in [-0.15, -0.1) is 0 Å². The van der Waals surface area contributed by atoms with E-state index >= 15 is 0 Å². The Morgan fingerprint density at radius 1 is 0.895 bits per heavy atom. The van der Waals surface area contributed by atoms with Crippen molar-refractivity contribution in [2.45, 2.75) is 24.0 Å². The average Bonchev–Trinajstić information content (AvgIpc) is 3.51. The Morgan fingerprint density at radius 2 is 1.47 bits per heavy atom. The lowest BCUT2D eigenvalue weighted by atomic mass is 9.47. The van der Waals surface area contributed by atoms with Gasteiger partial charge in [0.25, 0.3) is 5.91 Å². The highest BCUT2D eigenvalue weighted by Crippen LogP contribution is 2.63. The highest BCUT2D eigenvalue weighted by Gasteiger charge is 2.68. The largest absolute Gasteiger partial charge is 0.340 e. The van der Waals surface area contributed by atoms with Gasteiger partial charge < -0.3 is 9.47 Å². The number of nitrogens with zero attached hydrogens (tertiary/aromatic N) is 2. The predicted molar refractivity (Wildman–Crippen MR) is 138 cm³/mol. The van der Waals surface area contributed by atoms with Crippen molar-refractivity contribution in [2.24, 2.45) is 16.9 Å². The van der Waals surface area contributed by atoms with Crippen molar-refractivity contribution in [3.05, 3.63) is 101 Å². The van der Waals surface area contributed by atoms with E-state index in [1.807, 2.05) is 66.7 Å². The number of benzene rings is 3. The maximum atomic E-state index is 14.2. The summed E-state index contributed by atoms with van der Waals surface area (Å²) < 4.78 is 10.9. The van der Waals surface area contributed by atoms with Crippen LogP contribution in [0.2, 0.25) is 0 Å². The molecule has 2 heterocycles. The summed E-state index contributed by atoms with van der Waals surface area (Å²) in [6.07, 6.45) is 1.63. The zero-order chi connectivity index (χ0) is 26.1. The minimum Gasteiger partial charge on any atom is -0.340 e. The van der Waals surface area contributed by atoms with Crippen LogP contribution in [-0.4, -0.2) is 42.9 Å². The van der Waals surface area contributed by atoms with Gasteiger partial charge in [0.1, 0.15) is 0 Å². The second kappa shape index (κ2) is 8.18. The number of ether oxygens (including phenoxy) is 2. The van der Waals surface area contributed by atoms with E-state index in [0.717, 1.165) is 22.3 Å². The van der Waals surface area contributed by atoms with Crippen molar-refractivity contribution in [3.8, 4) is 0 Å². The van der Waals surface area contributed by atoms with E-state index in [2.05, 4.69) is 10.5 Å². The molecule has 2 fully saturated rings. The predicted octanol–water partition coefficient (Wildman–Crippen LogP) is 3.10. The molecule has 38 heavy (non-hydrogen) atoms. The summed E-state index contributed by atoms with van der Waals surface area (Å²) in [4.78, 5) is 42.5. The monoisotopic (exact) mass is 507 g/mol. The molecule has 0 spiro atoms. The molecule has 3 aromatic carbocycles. The Balaban J connectivity index is 1.41. The number of hydrazone groups is 1. The van der Waals surface area contributed by atoms with Crippen LogP contribution in [0.5, 0.6) is 0 Å². The number of hydrogen-bond acceptors (Lipinski definition) is 6. The lowest BCUT2D eigenvalue weighted by molar-refractivity contribution is -0.176. The summed E-state index contributed by atoms with van der Waals surface area (Å²) >= 11 is 0. The van der Waals surface area contributed by atoms with Gasteiger partial charge in [0.05, 0.1) is 36.2 Å². The summed E-state index contributed by atoms with van der Waals surface area (Å²) in [7, 11) is 0. The van der Waals surface area contributed by atoms with Crippen LogP contribution in [-0.2, 0) is 29.3 Å². The zero-order valence-electron chi connectivity index (χ0n) is 20.7. The highest BCUT2D eigenvalue weighted by atomic mass is 16.7. The Bertz CT molecular complexity index is 1460. The number of nitrogens with one attached hydrogen (secondary N) is 1. The first-order valence-corrected chi connectivity index (χ1v) is 12.7. The third kappa shape index (κ3) is 2.92. The number of hydrogen-bond donors (Lipinski definition) is 1. The van der Waals surface area contributed by atoms with Crippen LogP contribution in [0.3, 0.4) is 0 Å². The van der Waals surface area contributed by atoms with Crippen LogP contribution in [0.4, 0.5) is 5.69 Å². The number of imide groups is 1. The van der Waals surface area contributed by atoms with Crippen molar-refractivity contribution in [1.82, 2.24) is 5.43 Å². The summed E-state index contributed by atoms with van der Waals surface area (Å²) in [6.45, 7) is 2.18. The van der Waals surface area contributed by atoms with Gasteiger partial charge >= 0.3 is 0 Å². The van der Waals surface area contributed by atoms with Gasteiger partial charge in [0, 0.05) is 12.1 Å². The van der Waals surface area contributed by atoms with Crippen LogP contribution in [0.25, 0.3) is 0 Å². The van der Waals surface area contributed by atoms with Gasteiger partial charge in [0.2, 0.25) is 17.6 Å². The molecule has 2 aliphatic heterocycles. The fourth-order valence-electron chi connectivity index (χ4n) is 6.82. The summed E-state index contributed by atoms with van der Waals surface area (Å²) in [5, 5.41) is 4.40. The molecule has 8 heteroatoms. The Morgan fingerprint density at radius 3 is 2.11 bits per heavy atom. The van der Waals surface area contributed by atoms with Crippen molar-refractivity contribution in [3.63, 3.8) is 0 Å². The molecule has 8 nitrogen and oxygen atoms in total. The third-order valence-electron chi connectivity index (χ3n) is 8.38. The molecular formula is C30H25N3O5. The lowest BCUT2D eigenvalue weighted by Crippen LogP contribution is -2.55. The van der Waals surface area contributed by atoms with Gasteiger partial charge in [0.15, 0.2) is 0 Å². The molecule has 2 atom stereocenters. The molecule has 3 amide bonds. The molecule has 2 saturated heterocycles. The van der Waals surface area contributed by atoms with Crippen molar-refractivity contribution < 1.29 is 23.9 Å². The van der Waals surface area contributed by atoms with Crippen LogP contribution in [0, 0.1) is 11.8 Å². The number of rotatable bonds is 4. The van der Waals surface area contributed by atoms with E-state index in [4.69, 9.17) is 9.47 Å². The molecule has 2 bridgehead atoms. The van der Waals surface area contributed by atoms with E-state index in [1.165, 1.54) is 4.90 Å². The van der Waals surface area contributed by atoms with E-state index in [1.54, 1.807) is 25.3 Å². The van der Waals surface area contributed by atoms with Crippen molar-refractivity contribution >= 4 is 29.6 Å². The minimum atomic E-state index is -1.43. The third-order valence-corrected chi connectivity index (χ3v) is 8.38. The number of carbonyl (C=O) groups is 3. The highest BCUT2D eigenvalue weighted by molar-refractivity contribution is 6.25. The molecule has 5 aliphatic rings. The van der Waals surface area contributed by atoms with Crippen LogP contribution < -0.4 is 10.3 Å². The van der Waals surface area contributed by atoms with Gasteiger partial charge in [-0.3, -0.25) is 14.4 Å². The molecule has 0 saturated carbocycles. The Kier molecular flexibility index (Phi) is 4.95. The summed E-state index contributed by atoms with van der Waals surface area (Å²) in [6, 6.07) is 24.9. The van der Waals surface area contributed by atoms with Crippen LogP contribution in [0.1, 0.15) is 35.1 Å². The first-order chi connectivity index (χ1) is 18.5. The van der Waals surface area contributed by atoms with Gasteiger partial charge in [-0.25, -0.2) is 10.3 Å². The van der Waals surface area contributed by atoms with E-state index in [0.29, 0.717) is 18.9 Å². The second-order valence-corrected chi connectivity index (χ2v) is 10.2. The lowest BCUT2D eigenvalue weighted by Gasteiger charge is -2.52. The number of carbonyl (C=O) groups excluding carboxylic acids is 3. The van der Waals surface area contributed by atoms with Crippen LogP contribution in [0.15, 0.2) is 84.0 Å². The summed E-state index contributed by atoms with van der Waals surface area (Å²) in [5.41, 5.74) is 5.88. The average molecular weight is 508 g/mol. The molecule has 3 aromatic rings. The molecular weight excluding hydrogens is 482 g/mol. The molecule has 3 aliphatic carbocycles. The topological polar surface area (TPSA) is 97.3 Å². The van der Waals surface area contributed by atoms with Gasteiger partial charge in [-0.1, -0.05) is 66.7 Å². The SMILES string of the molecule is CC1(C(=O)N/N=C\C23c4ccccc4C(c4ccccc42)[C@H]2C(=O)N(c4ccccc4)C(=O)[C@H]23)OCCO1. The Labute approximate surface area is 219 Å². The zero-order valence-corrected chi connectivity index (χ0v) is 20.7. The van der Waals surface area contributed by atoms with Gasteiger partial charge in [-0.05, 0) is 41.3 Å². The number of amides is 3. The van der Waals surface area contributed by atoms with Crippen molar-refractivity contribution in [1.29, 1.82) is 0 Å². The first-order valence-electron chi connectivity index (χ1n) is 12.7. The molecule has 8 rings (SSSR count).